The summed E-state index contributed by atoms with van der Waals surface area (Å²) >= 11 is 0. The van der Waals surface area contributed by atoms with Crippen LogP contribution in [0.15, 0.2) is 4.99 Å². The Morgan fingerprint density at radius 2 is 1.69 bits per heavy atom. The third-order valence-electron chi connectivity index (χ3n) is 5.07. The molecule has 1 saturated carbocycles. The van der Waals surface area contributed by atoms with Crippen molar-refractivity contribution in [3.63, 3.8) is 0 Å². The number of hydrogen-bond donors (Lipinski definition) is 2. The van der Waals surface area contributed by atoms with Gasteiger partial charge < -0.3 is 25.2 Å². The largest absolute Gasteiger partial charge is 0.444 e. The van der Waals surface area contributed by atoms with E-state index >= 15 is 0 Å². The zero-order chi connectivity index (χ0) is 21.4. The number of rotatable bonds is 7. The van der Waals surface area contributed by atoms with E-state index in [9.17, 15) is 9.59 Å². The molecular formula is C21H39N5O3. The number of nitrogens with zero attached hydrogens (tertiary/aromatic N) is 3. The summed E-state index contributed by atoms with van der Waals surface area (Å²) in [6.07, 6.45) is 3.96. The van der Waals surface area contributed by atoms with Gasteiger partial charge in [-0.25, -0.2) is 9.79 Å². The van der Waals surface area contributed by atoms with Gasteiger partial charge in [-0.15, -0.1) is 0 Å². The summed E-state index contributed by atoms with van der Waals surface area (Å²) in [6.45, 7) is 13.5. The highest BCUT2D eigenvalue weighted by Gasteiger charge is 2.35. The standard InChI is InChI=1S/C21H39N5O3/c1-6-22-18(27)14-24-19(23-7-2)25-12-10-17(11-13-25)26(15-16-8-9-16)20(28)29-21(3,4)5/h16-17H,6-15H2,1-5H3,(H,22,27)(H,23,24). The third kappa shape index (κ3) is 8.11. The van der Waals surface area contributed by atoms with Crippen molar-refractivity contribution in [1.82, 2.24) is 20.4 Å². The maximum Gasteiger partial charge on any atom is 0.410 e. The van der Waals surface area contributed by atoms with Crippen molar-refractivity contribution in [2.24, 2.45) is 10.9 Å². The summed E-state index contributed by atoms with van der Waals surface area (Å²) in [5, 5.41) is 6.05. The van der Waals surface area contributed by atoms with E-state index in [1.165, 1.54) is 12.8 Å². The minimum atomic E-state index is -0.483. The van der Waals surface area contributed by atoms with Crippen molar-refractivity contribution >= 4 is 18.0 Å². The molecule has 1 aliphatic heterocycles. The molecule has 8 heteroatoms. The fourth-order valence-electron chi connectivity index (χ4n) is 3.49. The van der Waals surface area contributed by atoms with Gasteiger partial charge in [-0.05, 0) is 66.2 Å². The van der Waals surface area contributed by atoms with E-state index in [4.69, 9.17) is 4.74 Å². The highest BCUT2D eigenvalue weighted by atomic mass is 16.6. The van der Waals surface area contributed by atoms with Gasteiger partial charge in [0.15, 0.2) is 5.96 Å². The van der Waals surface area contributed by atoms with Crippen molar-refractivity contribution < 1.29 is 14.3 Å². The monoisotopic (exact) mass is 409 g/mol. The Kier molecular flexibility index (Phi) is 8.59. The number of carbonyl (C=O) groups is 2. The SMILES string of the molecule is CCNC(=O)CN=C(NCC)N1CCC(N(CC2CC2)C(=O)OC(C)(C)C)CC1. The number of likely N-dealkylation sites (N-methyl/N-ethyl adjacent to an activating group) is 1. The van der Waals surface area contributed by atoms with Crippen LogP contribution < -0.4 is 10.6 Å². The molecule has 2 N–H and O–H groups in total. The molecule has 1 saturated heterocycles. The van der Waals surface area contributed by atoms with Gasteiger partial charge in [0.05, 0.1) is 0 Å². The zero-order valence-electron chi connectivity index (χ0n) is 18.8. The molecule has 1 heterocycles. The van der Waals surface area contributed by atoms with Crippen molar-refractivity contribution in [3.05, 3.63) is 0 Å². The fourth-order valence-corrected chi connectivity index (χ4v) is 3.49. The van der Waals surface area contributed by atoms with E-state index in [0.717, 1.165) is 45.0 Å². The minimum Gasteiger partial charge on any atom is -0.444 e. The lowest BCUT2D eigenvalue weighted by Crippen LogP contribution is -2.52. The number of amides is 2. The first-order valence-corrected chi connectivity index (χ1v) is 11.0. The number of piperidine rings is 1. The van der Waals surface area contributed by atoms with Gasteiger partial charge in [0.25, 0.3) is 0 Å². The third-order valence-corrected chi connectivity index (χ3v) is 5.07. The number of carbonyl (C=O) groups excluding carboxylic acids is 2. The normalized spacial score (nSPS) is 18.4. The van der Waals surface area contributed by atoms with Gasteiger partial charge in [0, 0.05) is 38.8 Å². The summed E-state index contributed by atoms with van der Waals surface area (Å²) in [6, 6.07) is 0.188. The van der Waals surface area contributed by atoms with E-state index in [0.29, 0.717) is 12.5 Å². The van der Waals surface area contributed by atoms with E-state index in [-0.39, 0.29) is 24.6 Å². The Balaban J connectivity index is 1.96. The second-order valence-corrected chi connectivity index (χ2v) is 8.92. The van der Waals surface area contributed by atoms with E-state index in [1.807, 2.05) is 39.5 Å². The molecule has 0 spiro atoms. The van der Waals surface area contributed by atoms with Gasteiger partial charge in [-0.3, -0.25) is 4.79 Å². The van der Waals surface area contributed by atoms with Gasteiger partial charge in [-0.2, -0.15) is 0 Å². The second kappa shape index (κ2) is 10.7. The van der Waals surface area contributed by atoms with Gasteiger partial charge in [0.2, 0.25) is 5.91 Å². The Morgan fingerprint density at radius 3 is 2.21 bits per heavy atom. The zero-order valence-corrected chi connectivity index (χ0v) is 18.8. The lowest BCUT2D eigenvalue weighted by atomic mass is 10.0. The average molecular weight is 410 g/mol. The molecular weight excluding hydrogens is 370 g/mol. The van der Waals surface area contributed by atoms with E-state index in [1.54, 1.807) is 0 Å². The summed E-state index contributed by atoms with van der Waals surface area (Å²) in [5.41, 5.74) is -0.483. The lowest BCUT2D eigenvalue weighted by molar-refractivity contribution is -0.119. The van der Waals surface area contributed by atoms with E-state index < -0.39 is 5.60 Å². The summed E-state index contributed by atoms with van der Waals surface area (Å²) in [7, 11) is 0. The molecule has 2 rings (SSSR count). The van der Waals surface area contributed by atoms with Crippen molar-refractivity contribution in [3.8, 4) is 0 Å². The predicted molar refractivity (Wildman–Crippen MR) is 115 cm³/mol. The quantitative estimate of drug-likeness (QED) is 0.497. The highest BCUT2D eigenvalue weighted by Crippen LogP contribution is 2.32. The Labute approximate surface area is 175 Å². The van der Waals surface area contributed by atoms with Crippen LogP contribution in [0.3, 0.4) is 0 Å². The molecule has 29 heavy (non-hydrogen) atoms. The average Bonchev–Trinajstić information content (AvgIpc) is 3.46. The van der Waals surface area contributed by atoms with Crippen molar-refractivity contribution in [2.75, 3.05) is 39.3 Å². The lowest BCUT2D eigenvalue weighted by Gasteiger charge is -2.40. The first-order valence-electron chi connectivity index (χ1n) is 11.0. The van der Waals surface area contributed by atoms with Crippen LogP contribution in [0, 0.1) is 5.92 Å². The number of guanidine groups is 1. The molecule has 0 unspecified atom stereocenters. The van der Waals surface area contributed by atoms with Crippen molar-refractivity contribution in [2.45, 2.75) is 71.9 Å². The summed E-state index contributed by atoms with van der Waals surface area (Å²) in [5.74, 6) is 1.32. The van der Waals surface area contributed by atoms with Crippen LogP contribution in [0.25, 0.3) is 0 Å². The number of nitrogens with one attached hydrogen (secondary N) is 2. The highest BCUT2D eigenvalue weighted by molar-refractivity contribution is 5.85. The van der Waals surface area contributed by atoms with Crippen LogP contribution in [0.4, 0.5) is 4.79 Å². The molecule has 0 bridgehead atoms. The maximum absolute atomic E-state index is 12.8. The van der Waals surface area contributed by atoms with Crippen molar-refractivity contribution in [1.29, 1.82) is 0 Å². The molecule has 1 aliphatic carbocycles. The number of aliphatic imine (C=N–C) groups is 1. The van der Waals surface area contributed by atoms with Crippen LogP contribution in [0.1, 0.15) is 60.3 Å². The van der Waals surface area contributed by atoms with Crippen LogP contribution in [0.5, 0.6) is 0 Å². The smallest absolute Gasteiger partial charge is 0.410 e. The molecule has 0 aromatic rings. The Hall–Kier alpha value is -1.99. The molecule has 0 atom stereocenters. The number of ether oxygens (including phenoxy) is 1. The summed E-state index contributed by atoms with van der Waals surface area (Å²) in [4.78, 5) is 33.2. The maximum atomic E-state index is 12.8. The molecule has 2 amide bonds. The second-order valence-electron chi connectivity index (χ2n) is 8.92. The van der Waals surface area contributed by atoms with Gasteiger partial charge >= 0.3 is 6.09 Å². The summed E-state index contributed by atoms with van der Waals surface area (Å²) < 4.78 is 5.68. The van der Waals surface area contributed by atoms with Crippen LogP contribution in [-0.4, -0.2) is 78.7 Å². The number of likely N-dealkylation sites (tertiary alicyclic amines) is 1. The van der Waals surface area contributed by atoms with Crippen LogP contribution in [0.2, 0.25) is 0 Å². The molecule has 0 aromatic heterocycles. The first kappa shape index (κ1) is 23.3. The van der Waals surface area contributed by atoms with Gasteiger partial charge in [-0.1, -0.05) is 0 Å². The van der Waals surface area contributed by atoms with Gasteiger partial charge in [0.1, 0.15) is 12.1 Å². The molecule has 0 radical (unpaired) electrons. The first-order chi connectivity index (χ1) is 13.7. The number of hydrogen-bond acceptors (Lipinski definition) is 4. The predicted octanol–water partition coefficient (Wildman–Crippen LogP) is 2.20. The van der Waals surface area contributed by atoms with Crippen LogP contribution in [-0.2, 0) is 9.53 Å². The Bertz CT molecular complexity index is 575. The fraction of sp³-hybridized carbons (Fsp3) is 0.857. The topological polar surface area (TPSA) is 86.3 Å². The minimum absolute atomic E-state index is 0.0710. The van der Waals surface area contributed by atoms with Crippen LogP contribution >= 0.6 is 0 Å². The van der Waals surface area contributed by atoms with E-state index in [2.05, 4.69) is 20.5 Å². The molecule has 8 nitrogen and oxygen atoms in total. The Morgan fingerprint density at radius 1 is 1.07 bits per heavy atom. The molecule has 2 fully saturated rings. The molecule has 2 aliphatic rings. The molecule has 0 aromatic carbocycles. The molecule has 166 valence electrons.